The number of benzene rings is 2. The minimum Gasteiger partial charge on any atom is -0.383 e. The molecule has 0 unspecified atom stereocenters. The fraction of sp³-hybridized carbons (Fsp3) is 0.188. The number of nitrogens with zero attached hydrogens (tertiary/aromatic N) is 1. The van der Waals surface area contributed by atoms with Gasteiger partial charge >= 0.3 is 0 Å². The van der Waals surface area contributed by atoms with E-state index in [0.29, 0.717) is 5.88 Å². The van der Waals surface area contributed by atoms with Crippen LogP contribution in [0.4, 0.5) is 10.8 Å². The zero-order valence-electron chi connectivity index (χ0n) is 11.5. The summed E-state index contributed by atoms with van der Waals surface area (Å²) < 4.78 is 0. The van der Waals surface area contributed by atoms with E-state index in [1.165, 1.54) is 10.8 Å². The lowest BCUT2D eigenvalue weighted by Crippen LogP contribution is -2.13. The fourth-order valence-corrected chi connectivity index (χ4v) is 3.16. The zero-order chi connectivity index (χ0) is 14.5. The summed E-state index contributed by atoms with van der Waals surface area (Å²) in [5.41, 5.74) is 2.08. The third kappa shape index (κ3) is 3.46. The van der Waals surface area contributed by atoms with Crippen LogP contribution in [-0.4, -0.2) is 18.1 Å². The summed E-state index contributed by atoms with van der Waals surface area (Å²) in [7, 11) is 0. The number of thiazole rings is 1. The Morgan fingerprint density at radius 2 is 1.81 bits per heavy atom. The normalized spacial score (nSPS) is 10.7. The fourth-order valence-electron chi connectivity index (χ4n) is 2.20. The van der Waals surface area contributed by atoms with Gasteiger partial charge in [-0.15, -0.1) is 22.9 Å². The number of fused-ring (bicyclic) bond motifs is 1. The maximum absolute atomic E-state index is 5.74. The maximum Gasteiger partial charge on any atom is 0.182 e. The van der Waals surface area contributed by atoms with Crippen LogP contribution < -0.4 is 10.6 Å². The first-order valence-corrected chi connectivity index (χ1v) is 8.24. The molecule has 3 aromatic rings. The second kappa shape index (κ2) is 6.78. The van der Waals surface area contributed by atoms with Crippen molar-refractivity contribution in [3.05, 3.63) is 53.5 Å². The van der Waals surface area contributed by atoms with Crippen LogP contribution in [0.5, 0.6) is 0 Å². The quantitative estimate of drug-likeness (QED) is 0.517. The SMILES string of the molecule is ClCc1csc(NCCNc2cccc3ccccc23)n1. The summed E-state index contributed by atoms with van der Waals surface area (Å²) in [5.74, 6) is 0.465. The zero-order valence-corrected chi connectivity index (χ0v) is 13.0. The molecule has 3 nitrogen and oxygen atoms in total. The highest BCUT2D eigenvalue weighted by Crippen LogP contribution is 2.22. The average molecular weight is 318 g/mol. The third-order valence-electron chi connectivity index (χ3n) is 3.19. The molecular weight excluding hydrogens is 302 g/mol. The summed E-state index contributed by atoms with van der Waals surface area (Å²) in [4.78, 5) is 4.37. The van der Waals surface area contributed by atoms with E-state index in [2.05, 4.69) is 58.1 Å². The van der Waals surface area contributed by atoms with Crippen molar-refractivity contribution < 1.29 is 0 Å². The minimum atomic E-state index is 0.465. The predicted octanol–water partition coefficient (Wildman–Crippen LogP) is 4.56. The highest BCUT2D eigenvalue weighted by atomic mass is 35.5. The first kappa shape index (κ1) is 14.2. The number of hydrogen-bond acceptors (Lipinski definition) is 4. The van der Waals surface area contributed by atoms with Gasteiger partial charge in [-0.2, -0.15) is 0 Å². The first-order valence-electron chi connectivity index (χ1n) is 6.83. The Morgan fingerprint density at radius 1 is 1.00 bits per heavy atom. The van der Waals surface area contributed by atoms with E-state index in [1.54, 1.807) is 11.3 Å². The first-order chi connectivity index (χ1) is 10.4. The van der Waals surface area contributed by atoms with Crippen molar-refractivity contribution in [2.45, 2.75) is 5.88 Å². The highest BCUT2D eigenvalue weighted by Gasteiger charge is 2.01. The molecule has 0 radical (unpaired) electrons. The molecule has 108 valence electrons. The number of halogens is 1. The molecule has 0 amide bonds. The number of nitrogens with one attached hydrogen (secondary N) is 2. The number of alkyl halides is 1. The number of hydrogen-bond donors (Lipinski definition) is 2. The van der Waals surface area contributed by atoms with E-state index in [4.69, 9.17) is 11.6 Å². The van der Waals surface area contributed by atoms with Crippen molar-refractivity contribution in [3.63, 3.8) is 0 Å². The topological polar surface area (TPSA) is 37.0 Å². The van der Waals surface area contributed by atoms with Crippen LogP contribution in [0.3, 0.4) is 0 Å². The standard InChI is InChI=1S/C16H16ClN3S/c17-10-13-11-21-16(20-13)19-9-8-18-15-7-3-5-12-4-1-2-6-14(12)15/h1-7,11,18H,8-10H2,(H,19,20). The van der Waals surface area contributed by atoms with Gasteiger partial charge in [-0.05, 0) is 11.5 Å². The molecule has 0 bridgehead atoms. The van der Waals surface area contributed by atoms with Crippen molar-refractivity contribution in [1.82, 2.24) is 4.98 Å². The Kier molecular flexibility index (Phi) is 4.58. The van der Waals surface area contributed by atoms with Gasteiger partial charge in [-0.3, -0.25) is 0 Å². The van der Waals surface area contributed by atoms with Crippen LogP contribution in [0, 0.1) is 0 Å². The van der Waals surface area contributed by atoms with Crippen LogP contribution in [0.25, 0.3) is 10.8 Å². The number of aromatic nitrogens is 1. The average Bonchev–Trinajstić information content (AvgIpc) is 3.00. The predicted molar refractivity (Wildman–Crippen MR) is 92.6 cm³/mol. The Morgan fingerprint density at radius 3 is 2.67 bits per heavy atom. The molecule has 2 aromatic carbocycles. The Bertz CT molecular complexity index is 721. The molecule has 2 N–H and O–H groups in total. The van der Waals surface area contributed by atoms with Crippen LogP contribution in [0.1, 0.15) is 5.69 Å². The van der Waals surface area contributed by atoms with Gasteiger partial charge in [0.2, 0.25) is 0 Å². The van der Waals surface area contributed by atoms with Gasteiger partial charge in [0.05, 0.1) is 11.6 Å². The van der Waals surface area contributed by atoms with Gasteiger partial charge in [0.25, 0.3) is 0 Å². The lowest BCUT2D eigenvalue weighted by Gasteiger charge is -2.10. The summed E-state index contributed by atoms with van der Waals surface area (Å²) in [5, 5.41) is 12.2. The van der Waals surface area contributed by atoms with E-state index in [-0.39, 0.29) is 0 Å². The van der Waals surface area contributed by atoms with E-state index >= 15 is 0 Å². The van der Waals surface area contributed by atoms with Crippen molar-refractivity contribution in [2.24, 2.45) is 0 Å². The Labute approximate surface area is 133 Å². The van der Waals surface area contributed by atoms with Crippen LogP contribution in [0.15, 0.2) is 47.8 Å². The van der Waals surface area contributed by atoms with E-state index in [1.807, 2.05) is 5.38 Å². The van der Waals surface area contributed by atoms with Gasteiger partial charge in [0.1, 0.15) is 0 Å². The van der Waals surface area contributed by atoms with Crippen LogP contribution in [-0.2, 0) is 5.88 Å². The lowest BCUT2D eigenvalue weighted by molar-refractivity contribution is 1.07. The van der Waals surface area contributed by atoms with Gasteiger partial charge < -0.3 is 10.6 Å². The molecule has 5 heteroatoms. The van der Waals surface area contributed by atoms with Gasteiger partial charge in [-0.1, -0.05) is 36.4 Å². The molecule has 0 aliphatic carbocycles. The van der Waals surface area contributed by atoms with E-state index in [0.717, 1.165) is 29.6 Å². The molecule has 0 saturated carbocycles. The van der Waals surface area contributed by atoms with Crippen molar-refractivity contribution in [3.8, 4) is 0 Å². The Balaban J connectivity index is 1.57. The molecule has 0 aliphatic heterocycles. The monoisotopic (exact) mass is 317 g/mol. The molecule has 3 rings (SSSR count). The lowest BCUT2D eigenvalue weighted by atomic mass is 10.1. The van der Waals surface area contributed by atoms with Crippen LogP contribution >= 0.6 is 22.9 Å². The second-order valence-corrected chi connectivity index (χ2v) is 5.78. The number of anilines is 2. The van der Waals surface area contributed by atoms with Gasteiger partial charge in [-0.25, -0.2) is 4.98 Å². The Hall–Kier alpha value is -1.78. The molecule has 0 spiro atoms. The highest BCUT2D eigenvalue weighted by molar-refractivity contribution is 7.13. The third-order valence-corrected chi connectivity index (χ3v) is 4.32. The van der Waals surface area contributed by atoms with Crippen molar-refractivity contribution in [1.29, 1.82) is 0 Å². The molecule has 0 saturated heterocycles. The van der Waals surface area contributed by atoms with E-state index in [9.17, 15) is 0 Å². The van der Waals surface area contributed by atoms with E-state index < -0.39 is 0 Å². The summed E-state index contributed by atoms with van der Waals surface area (Å²) >= 11 is 7.33. The largest absolute Gasteiger partial charge is 0.383 e. The van der Waals surface area contributed by atoms with Gasteiger partial charge in [0.15, 0.2) is 5.13 Å². The van der Waals surface area contributed by atoms with Crippen LogP contribution in [0.2, 0.25) is 0 Å². The van der Waals surface area contributed by atoms with Gasteiger partial charge in [0, 0.05) is 29.5 Å². The molecule has 1 aromatic heterocycles. The summed E-state index contributed by atoms with van der Waals surface area (Å²) in [6, 6.07) is 14.7. The summed E-state index contributed by atoms with van der Waals surface area (Å²) in [6.45, 7) is 1.66. The molecule has 0 atom stereocenters. The second-order valence-electron chi connectivity index (χ2n) is 4.66. The molecule has 0 fully saturated rings. The number of rotatable bonds is 6. The molecule has 21 heavy (non-hydrogen) atoms. The molecular formula is C16H16ClN3S. The maximum atomic E-state index is 5.74. The van der Waals surface area contributed by atoms with Crippen molar-refractivity contribution >= 4 is 44.5 Å². The smallest absolute Gasteiger partial charge is 0.182 e. The minimum absolute atomic E-state index is 0.465. The summed E-state index contributed by atoms with van der Waals surface area (Å²) in [6.07, 6.45) is 0. The molecule has 0 aliphatic rings. The van der Waals surface area contributed by atoms with Crippen molar-refractivity contribution in [2.75, 3.05) is 23.7 Å². The molecule has 1 heterocycles.